The van der Waals surface area contributed by atoms with Crippen LogP contribution in [0.25, 0.3) is 0 Å². The molecular weight excluding hydrogens is 523 g/mol. The lowest BCUT2D eigenvalue weighted by atomic mass is 10.2. The summed E-state index contributed by atoms with van der Waals surface area (Å²) in [5, 5.41) is 12.0. The Hall–Kier alpha value is -2.79. The van der Waals surface area contributed by atoms with E-state index in [9.17, 15) is 18.9 Å². The number of ether oxygens (including phenoxy) is 2. The standard InChI is InChI=1S/C22H20Cl2N2O6S2/c1-4-32-16-6-5-15(10-17(16)31-3)26(2)34(30)18-11-19(24)33-20(18)21(27)25-14-8-12(22(28)29)7-13(23)9-14/h5-11H,4H2,1-3H3,(H,25,27)(H,28,29). The SMILES string of the molecule is CCOc1ccc(N(C)S(=O)c2cc(Cl)sc2C(=O)Nc2cc(Cl)cc(C(=O)O)c2)cc1OC. The zero-order chi connectivity index (χ0) is 25.0. The van der Waals surface area contributed by atoms with E-state index in [0.29, 0.717) is 23.8 Å². The number of amides is 1. The number of hydrogen-bond acceptors (Lipinski definition) is 6. The number of rotatable bonds is 9. The Kier molecular flexibility index (Phi) is 8.42. The van der Waals surface area contributed by atoms with Crippen LogP contribution in [0, 0.1) is 0 Å². The van der Waals surface area contributed by atoms with Gasteiger partial charge in [-0.25, -0.2) is 9.00 Å². The van der Waals surface area contributed by atoms with E-state index in [1.165, 1.54) is 35.7 Å². The monoisotopic (exact) mass is 542 g/mol. The highest BCUT2D eigenvalue weighted by molar-refractivity contribution is 7.86. The highest BCUT2D eigenvalue weighted by Crippen LogP contribution is 2.35. The molecule has 8 nitrogen and oxygen atoms in total. The molecule has 3 rings (SSSR count). The molecule has 0 aliphatic rings. The number of hydrogen-bond donors (Lipinski definition) is 2. The number of carbonyl (C=O) groups excluding carboxylic acids is 1. The molecule has 2 N–H and O–H groups in total. The van der Waals surface area contributed by atoms with Gasteiger partial charge in [0.15, 0.2) is 22.5 Å². The molecule has 0 aliphatic carbocycles. The first-order valence-corrected chi connectivity index (χ1v) is 12.4. The van der Waals surface area contributed by atoms with E-state index in [1.807, 2.05) is 6.92 Å². The summed E-state index contributed by atoms with van der Waals surface area (Å²) in [6.07, 6.45) is 0. The maximum atomic E-state index is 13.4. The summed E-state index contributed by atoms with van der Waals surface area (Å²) in [4.78, 5) is 24.6. The van der Waals surface area contributed by atoms with Gasteiger partial charge in [-0.1, -0.05) is 23.2 Å². The molecule has 1 heterocycles. The smallest absolute Gasteiger partial charge is 0.335 e. The van der Waals surface area contributed by atoms with Gasteiger partial charge in [0.1, 0.15) is 4.88 Å². The molecule has 2 aromatic carbocycles. The van der Waals surface area contributed by atoms with Crippen molar-refractivity contribution in [1.29, 1.82) is 0 Å². The Morgan fingerprint density at radius 3 is 2.53 bits per heavy atom. The second kappa shape index (κ2) is 11.1. The number of thiophene rings is 1. The third-order valence-corrected chi connectivity index (χ3v) is 7.54. The fourth-order valence-corrected chi connectivity index (χ4v) is 5.78. The van der Waals surface area contributed by atoms with Gasteiger partial charge in [0.2, 0.25) is 0 Å². The highest BCUT2D eigenvalue weighted by atomic mass is 35.5. The molecule has 0 fully saturated rings. The molecule has 0 saturated carbocycles. The third kappa shape index (κ3) is 5.82. The first-order chi connectivity index (χ1) is 16.1. The van der Waals surface area contributed by atoms with Crippen molar-refractivity contribution in [3.8, 4) is 11.5 Å². The molecule has 1 atom stereocenters. The molecule has 0 spiro atoms. The quantitative estimate of drug-likeness (QED) is 0.366. The van der Waals surface area contributed by atoms with Gasteiger partial charge in [0, 0.05) is 23.8 Å². The van der Waals surface area contributed by atoms with Crippen molar-refractivity contribution in [2.75, 3.05) is 30.4 Å². The van der Waals surface area contributed by atoms with Crippen LogP contribution in [0.4, 0.5) is 11.4 Å². The van der Waals surface area contributed by atoms with Gasteiger partial charge in [-0.2, -0.15) is 0 Å². The van der Waals surface area contributed by atoms with E-state index < -0.39 is 22.9 Å². The third-order valence-electron chi connectivity index (χ3n) is 4.52. The summed E-state index contributed by atoms with van der Waals surface area (Å²) < 4.78 is 26.0. The number of halogens is 2. The van der Waals surface area contributed by atoms with Crippen LogP contribution in [0.15, 0.2) is 47.4 Å². The number of anilines is 2. The molecule has 1 unspecified atom stereocenters. The maximum Gasteiger partial charge on any atom is 0.335 e. The van der Waals surface area contributed by atoms with Crippen molar-refractivity contribution in [1.82, 2.24) is 0 Å². The number of nitrogens with zero attached hydrogens (tertiary/aromatic N) is 1. The predicted octanol–water partition coefficient (Wildman–Crippen LogP) is 5.57. The lowest BCUT2D eigenvalue weighted by Crippen LogP contribution is -2.22. The summed E-state index contributed by atoms with van der Waals surface area (Å²) in [6, 6.07) is 10.5. The van der Waals surface area contributed by atoms with Crippen molar-refractivity contribution < 1.29 is 28.4 Å². The van der Waals surface area contributed by atoms with Gasteiger partial charge < -0.3 is 19.9 Å². The normalized spacial score (nSPS) is 11.6. The average molecular weight is 543 g/mol. The minimum Gasteiger partial charge on any atom is -0.493 e. The summed E-state index contributed by atoms with van der Waals surface area (Å²) >= 11 is 13.1. The number of aromatic carboxylic acids is 1. The van der Waals surface area contributed by atoms with Crippen LogP contribution in [0.1, 0.15) is 27.0 Å². The van der Waals surface area contributed by atoms with Gasteiger partial charge in [-0.05, 0) is 43.3 Å². The minimum atomic E-state index is -1.80. The second-order valence-corrected chi connectivity index (χ2v) is 10.4. The number of carboxylic acid groups (broad SMARTS) is 1. The molecular formula is C22H20Cl2N2O6S2. The molecule has 0 radical (unpaired) electrons. The molecule has 1 amide bonds. The Morgan fingerprint density at radius 2 is 1.88 bits per heavy atom. The molecule has 34 heavy (non-hydrogen) atoms. The molecule has 1 aromatic heterocycles. The van der Waals surface area contributed by atoms with Crippen molar-refractivity contribution in [3.63, 3.8) is 0 Å². The van der Waals surface area contributed by atoms with Crippen LogP contribution in [0.5, 0.6) is 11.5 Å². The first-order valence-electron chi connectivity index (χ1n) is 9.75. The Morgan fingerprint density at radius 1 is 1.15 bits per heavy atom. The molecule has 12 heteroatoms. The number of carbonyl (C=O) groups is 2. The van der Waals surface area contributed by atoms with E-state index in [0.717, 1.165) is 11.3 Å². The summed E-state index contributed by atoms with van der Waals surface area (Å²) in [5.74, 6) is -0.767. The van der Waals surface area contributed by atoms with Gasteiger partial charge in [0.05, 0.1) is 34.2 Å². The van der Waals surface area contributed by atoms with Gasteiger partial charge >= 0.3 is 5.97 Å². The van der Waals surface area contributed by atoms with E-state index in [1.54, 1.807) is 25.2 Å². The van der Waals surface area contributed by atoms with E-state index in [2.05, 4.69) is 5.32 Å². The maximum absolute atomic E-state index is 13.4. The fraction of sp³-hybridized carbons (Fsp3) is 0.182. The second-order valence-electron chi connectivity index (χ2n) is 6.75. The highest BCUT2D eigenvalue weighted by Gasteiger charge is 2.24. The van der Waals surface area contributed by atoms with Crippen LogP contribution in [-0.2, 0) is 11.0 Å². The minimum absolute atomic E-state index is 0.0833. The first kappa shape index (κ1) is 25.8. The van der Waals surface area contributed by atoms with Crippen LogP contribution in [0.3, 0.4) is 0 Å². The van der Waals surface area contributed by atoms with E-state index >= 15 is 0 Å². The zero-order valence-corrected chi connectivity index (χ0v) is 21.4. The molecule has 0 bridgehead atoms. The average Bonchev–Trinajstić information content (AvgIpc) is 3.20. The molecule has 0 aliphatic heterocycles. The molecule has 180 valence electrons. The van der Waals surface area contributed by atoms with Gasteiger partial charge in [0.25, 0.3) is 5.91 Å². The van der Waals surface area contributed by atoms with Crippen molar-refractivity contribution in [3.05, 3.63) is 62.3 Å². The Balaban J connectivity index is 1.89. The Bertz CT molecular complexity index is 1260. The Labute approximate surface area is 212 Å². The van der Waals surface area contributed by atoms with Crippen LogP contribution in [0.2, 0.25) is 9.36 Å². The summed E-state index contributed by atoms with van der Waals surface area (Å²) in [5.41, 5.74) is 0.661. The van der Waals surface area contributed by atoms with E-state index in [-0.39, 0.29) is 30.4 Å². The van der Waals surface area contributed by atoms with Crippen LogP contribution in [-0.4, -0.2) is 42.0 Å². The van der Waals surface area contributed by atoms with Crippen molar-refractivity contribution in [2.24, 2.45) is 0 Å². The number of benzene rings is 2. The lowest BCUT2D eigenvalue weighted by Gasteiger charge is -2.20. The van der Waals surface area contributed by atoms with E-state index in [4.69, 9.17) is 32.7 Å². The largest absolute Gasteiger partial charge is 0.493 e. The topological polar surface area (TPSA) is 105 Å². The van der Waals surface area contributed by atoms with Crippen molar-refractivity contribution >= 4 is 68.8 Å². The van der Waals surface area contributed by atoms with Crippen molar-refractivity contribution in [2.45, 2.75) is 11.8 Å². The van der Waals surface area contributed by atoms with Gasteiger partial charge in [-0.15, -0.1) is 11.3 Å². The lowest BCUT2D eigenvalue weighted by molar-refractivity contribution is 0.0696. The number of methoxy groups -OCH3 is 1. The fourth-order valence-electron chi connectivity index (χ4n) is 2.98. The summed E-state index contributed by atoms with van der Waals surface area (Å²) in [6.45, 7) is 2.32. The van der Waals surface area contributed by atoms with Crippen LogP contribution < -0.4 is 19.1 Å². The predicted molar refractivity (Wildman–Crippen MR) is 135 cm³/mol. The van der Waals surface area contributed by atoms with Gasteiger partial charge in [-0.3, -0.25) is 9.10 Å². The van der Waals surface area contributed by atoms with Crippen LogP contribution >= 0.6 is 34.5 Å². The number of carboxylic acids is 1. The summed E-state index contributed by atoms with van der Waals surface area (Å²) in [7, 11) is 1.31. The zero-order valence-electron chi connectivity index (χ0n) is 18.3. The molecule has 3 aromatic rings. The molecule has 0 saturated heterocycles. The number of nitrogens with one attached hydrogen (secondary N) is 1.